The first-order valence-corrected chi connectivity index (χ1v) is 10.4. The van der Waals surface area contributed by atoms with Gasteiger partial charge >= 0.3 is 11.9 Å². The van der Waals surface area contributed by atoms with Crippen LogP contribution in [0.2, 0.25) is 0 Å². The molecule has 0 saturated heterocycles. The van der Waals surface area contributed by atoms with Crippen LogP contribution in [0.5, 0.6) is 0 Å². The summed E-state index contributed by atoms with van der Waals surface area (Å²) in [5.74, 6) is -0.00707. The zero-order valence-electron chi connectivity index (χ0n) is 19.4. The van der Waals surface area contributed by atoms with Gasteiger partial charge in [-0.25, -0.2) is 14.6 Å². The van der Waals surface area contributed by atoms with E-state index >= 15 is 0 Å². The third-order valence-electron chi connectivity index (χ3n) is 5.80. The first-order valence-electron chi connectivity index (χ1n) is 10.4. The van der Waals surface area contributed by atoms with Gasteiger partial charge in [0.05, 0.1) is 25.3 Å². The number of ether oxygens (including phenoxy) is 2. The molecule has 2 aromatic rings. The maximum absolute atomic E-state index is 12.2. The molecule has 7 heteroatoms. The number of nitrogens with zero attached hydrogens (tertiary/aromatic N) is 3. The van der Waals surface area contributed by atoms with Crippen LogP contribution in [-0.2, 0) is 15.0 Å². The van der Waals surface area contributed by atoms with Crippen LogP contribution in [0.25, 0.3) is 0 Å². The topological polar surface area (TPSA) is 71.4 Å². The number of carbonyl (C=O) groups excluding carboxylic acids is 2. The first-order chi connectivity index (χ1) is 15.3. The van der Waals surface area contributed by atoms with Gasteiger partial charge in [0.15, 0.2) is 0 Å². The van der Waals surface area contributed by atoms with E-state index in [0.717, 1.165) is 22.9 Å². The fraction of sp³-hybridized carbons (Fsp3) is 0.320. The predicted molar refractivity (Wildman–Crippen MR) is 127 cm³/mol. The summed E-state index contributed by atoms with van der Waals surface area (Å²) in [6.45, 7) is 4.04. The molecule has 168 valence electrons. The fourth-order valence-corrected chi connectivity index (χ4v) is 3.99. The maximum Gasteiger partial charge on any atom is 0.337 e. The van der Waals surface area contributed by atoms with Crippen LogP contribution in [0, 0.1) is 0 Å². The molecule has 0 aliphatic carbocycles. The lowest BCUT2D eigenvalue weighted by atomic mass is 9.83. The number of methoxy groups -OCH3 is 2. The molecule has 1 aliphatic rings. The number of carbonyl (C=O) groups is 2. The van der Waals surface area contributed by atoms with Gasteiger partial charge in [-0.15, -0.1) is 0 Å². The second-order valence-electron chi connectivity index (χ2n) is 7.57. The molecule has 1 aliphatic heterocycles. The van der Waals surface area contributed by atoms with Gasteiger partial charge in [0.25, 0.3) is 0 Å². The number of benzene rings is 2. The van der Waals surface area contributed by atoms with E-state index in [1.807, 2.05) is 61.2 Å². The molecule has 1 atom stereocenters. The number of hydrogen-bond donors (Lipinski definition) is 0. The van der Waals surface area contributed by atoms with Crippen molar-refractivity contribution in [3.8, 4) is 0 Å². The normalized spacial score (nSPS) is 17.6. The molecular formula is C25H29N3O4. The summed E-state index contributed by atoms with van der Waals surface area (Å²) in [7, 11) is 6.63. The third-order valence-corrected chi connectivity index (χ3v) is 5.80. The van der Waals surface area contributed by atoms with Gasteiger partial charge in [0, 0.05) is 31.0 Å². The number of aliphatic imine (C=N–C) groups is 1. The molecule has 0 aromatic heterocycles. The Morgan fingerprint density at radius 1 is 1.06 bits per heavy atom. The first kappa shape index (κ1) is 23.1. The molecule has 0 spiro atoms. The van der Waals surface area contributed by atoms with Crippen molar-refractivity contribution in [1.82, 2.24) is 0 Å². The predicted octanol–water partition coefficient (Wildman–Crippen LogP) is 4.38. The number of fused-ring (bicyclic) bond motifs is 1. The van der Waals surface area contributed by atoms with Crippen LogP contribution < -0.4 is 9.80 Å². The Kier molecular flexibility index (Phi) is 6.67. The van der Waals surface area contributed by atoms with Gasteiger partial charge in [-0.2, -0.15) is 0 Å². The molecule has 32 heavy (non-hydrogen) atoms. The number of rotatable bonds is 5. The molecule has 0 radical (unpaired) electrons. The highest BCUT2D eigenvalue weighted by molar-refractivity contribution is 6.09. The van der Waals surface area contributed by atoms with Crippen LogP contribution >= 0.6 is 0 Å². The van der Waals surface area contributed by atoms with E-state index < -0.39 is 5.54 Å². The highest BCUT2D eigenvalue weighted by Crippen LogP contribution is 2.42. The van der Waals surface area contributed by atoms with Gasteiger partial charge < -0.3 is 19.3 Å². The highest BCUT2D eigenvalue weighted by atomic mass is 16.5. The van der Waals surface area contributed by atoms with E-state index in [-0.39, 0.29) is 11.9 Å². The Bertz CT molecular complexity index is 1080. The average Bonchev–Trinajstić information content (AvgIpc) is 2.84. The van der Waals surface area contributed by atoms with Crippen molar-refractivity contribution < 1.29 is 19.1 Å². The van der Waals surface area contributed by atoms with Gasteiger partial charge in [0.2, 0.25) is 5.96 Å². The van der Waals surface area contributed by atoms with Crippen LogP contribution in [-0.4, -0.2) is 46.2 Å². The smallest absolute Gasteiger partial charge is 0.337 e. The molecular weight excluding hydrogens is 406 g/mol. The van der Waals surface area contributed by atoms with Gasteiger partial charge in [-0.3, -0.25) is 0 Å². The summed E-state index contributed by atoms with van der Waals surface area (Å²) in [5, 5.41) is 0. The molecule has 0 bridgehead atoms. The Hall–Kier alpha value is -3.61. The minimum Gasteiger partial charge on any atom is -0.465 e. The molecule has 3 rings (SSSR count). The minimum absolute atomic E-state index is 0.375. The maximum atomic E-state index is 12.2. The standard InChI is InChI=1S/C25H29N3O4/c1-7-15-25(8-2)20-16-18(23(30)32-6)11-14-21(20)28(4)24(26-25)27(3)19-12-9-17(10-13-19)22(29)31-5/h7,9-16H,8H2,1-6H3/b15-7+. The SMILES string of the molecule is C/C=C/C1(CC)N=C(N(C)c2ccc(C(=O)OC)cc2)N(C)c2ccc(C(=O)OC)cc21. The molecule has 1 heterocycles. The second kappa shape index (κ2) is 9.26. The van der Waals surface area contributed by atoms with Crippen molar-refractivity contribution in [2.75, 3.05) is 38.1 Å². The summed E-state index contributed by atoms with van der Waals surface area (Å²) in [4.78, 5) is 33.1. The molecule has 2 aromatic carbocycles. The van der Waals surface area contributed by atoms with Crippen molar-refractivity contribution in [2.45, 2.75) is 25.8 Å². The molecule has 0 amide bonds. The summed E-state index contributed by atoms with van der Waals surface area (Å²) >= 11 is 0. The summed E-state index contributed by atoms with van der Waals surface area (Å²) in [6.07, 6.45) is 4.76. The van der Waals surface area contributed by atoms with Crippen LogP contribution in [0.1, 0.15) is 46.5 Å². The summed E-state index contributed by atoms with van der Waals surface area (Å²) < 4.78 is 9.71. The monoisotopic (exact) mass is 435 g/mol. The Morgan fingerprint density at radius 3 is 2.22 bits per heavy atom. The zero-order valence-corrected chi connectivity index (χ0v) is 19.4. The number of guanidine groups is 1. The van der Waals surface area contributed by atoms with E-state index in [4.69, 9.17) is 14.5 Å². The van der Waals surface area contributed by atoms with Gasteiger partial charge in [0.1, 0.15) is 5.54 Å². The van der Waals surface area contributed by atoms with Crippen LogP contribution in [0.4, 0.5) is 11.4 Å². The quantitative estimate of drug-likeness (QED) is 0.513. The summed E-state index contributed by atoms with van der Waals surface area (Å²) in [6, 6.07) is 12.8. The highest BCUT2D eigenvalue weighted by Gasteiger charge is 2.38. The Morgan fingerprint density at radius 2 is 1.66 bits per heavy atom. The third kappa shape index (κ3) is 3.98. The number of hydrogen-bond acceptors (Lipinski definition) is 7. The molecule has 0 fully saturated rings. The van der Waals surface area contributed by atoms with E-state index in [1.54, 1.807) is 18.2 Å². The van der Waals surface area contributed by atoms with Crippen molar-refractivity contribution in [2.24, 2.45) is 4.99 Å². The lowest BCUT2D eigenvalue weighted by Gasteiger charge is -2.41. The Balaban J connectivity index is 2.11. The fourth-order valence-electron chi connectivity index (χ4n) is 3.99. The largest absolute Gasteiger partial charge is 0.465 e. The number of allylic oxidation sites excluding steroid dienone is 1. The van der Waals surface area contributed by atoms with Gasteiger partial charge in [-0.1, -0.05) is 19.1 Å². The van der Waals surface area contributed by atoms with Gasteiger partial charge in [-0.05, 0) is 55.8 Å². The molecule has 0 saturated carbocycles. The summed E-state index contributed by atoms with van der Waals surface area (Å²) in [5.41, 5.74) is 3.13. The Labute approximate surface area is 189 Å². The molecule has 7 nitrogen and oxygen atoms in total. The molecule has 0 N–H and O–H groups in total. The van der Waals surface area contributed by atoms with E-state index in [2.05, 4.69) is 13.0 Å². The zero-order chi connectivity index (χ0) is 23.5. The lowest BCUT2D eigenvalue weighted by molar-refractivity contribution is 0.0592. The number of esters is 2. The van der Waals surface area contributed by atoms with Crippen LogP contribution in [0.3, 0.4) is 0 Å². The lowest BCUT2D eigenvalue weighted by Crippen LogP contribution is -2.46. The molecule has 1 unspecified atom stereocenters. The number of anilines is 2. The van der Waals surface area contributed by atoms with E-state index in [9.17, 15) is 9.59 Å². The van der Waals surface area contributed by atoms with E-state index in [1.165, 1.54) is 14.2 Å². The second-order valence-corrected chi connectivity index (χ2v) is 7.57. The average molecular weight is 436 g/mol. The van der Waals surface area contributed by atoms with E-state index in [0.29, 0.717) is 17.5 Å². The van der Waals surface area contributed by atoms with Crippen LogP contribution in [0.15, 0.2) is 59.6 Å². The van der Waals surface area contributed by atoms with Crippen molar-refractivity contribution >= 4 is 29.3 Å². The minimum atomic E-state index is -0.629. The van der Waals surface area contributed by atoms with Crippen molar-refractivity contribution in [1.29, 1.82) is 0 Å². The van der Waals surface area contributed by atoms with Crippen molar-refractivity contribution in [3.05, 3.63) is 71.3 Å². The van der Waals surface area contributed by atoms with Crippen molar-refractivity contribution in [3.63, 3.8) is 0 Å².